The van der Waals surface area contributed by atoms with E-state index < -0.39 is 0 Å². The second kappa shape index (κ2) is 13.4. The quantitative estimate of drug-likeness (QED) is 0.160. The Bertz CT molecular complexity index is 2090. The van der Waals surface area contributed by atoms with E-state index in [0.717, 1.165) is 0 Å². The minimum absolute atomic E-state index is 0.102. The first-order valence-electron chi connectivity index (χ1n) is 19.7. The lowest BCUT2D eigenvalue weighted by Gasteiger charge is -2.21. The maximum atomic E-state index is 2.42. The van der Waals surface area contributed by atoms with Gasteiger partial charge in [-0.3, -0.25) is 0 Å². The van der Waals surface area contributed by atoms with Gasteiger partial charge in [-0.05, 0) is 146 Å². The van der Waals surface area contributed by atoms with E-state index in [1.54, 1.807) is 0 Å². The van der Waals surface area contributed by atoms with E-state index in [4.69, 9.17) is 0 Å². The van der Waals surface area contributed by atoms with E-state index in [1.807, 2.05) is 0 Å². The number of hydrogen-bond donors (Lipinski definition) is 0. The zero-order valence-corrected chi connectivity index (χ0v) is 34.7. The molecule has 7 aromatic rings. The molecule has 0 heterocycles. The monoisotopic (exact) mass is 706 g/mol. The Morgan fingerprint density at radius 3 is 0.537 bits per heavy atom. The van der Waals surface area contributed by atoms with Gasteiger partial charge in [0.15, 0.2) is 0 Å². The highest BCUT2D eigenvalue weighted by Gasteiger charge is 2.20. The van der Waals surface area contributed by atoms with E-state index in [-0.39, 0.29) is 21.7 Å². The molecular weight excluding hydrogens is 649 g/mol. The molecule has 0 unspecified atom stereocenters. The molecule has 0 heteroatoms. The van der Waals surface area contributed by atoms with Crippen molar-refractivity contribution in [3.8, 4) is 44.5 Å². The van der Waals surface area contributed by atoms with Crippen LogP contribution in [0.15, 0.2) is 133 Å². The van der Waals surface area contributed by atoms with Crippen LogP contribution >= 0.6 is 0 Å². The van der Waals surface area contributed by atoms with Crippen LogP contribution in [0.2, 0.25) is 0 Å². The average Bonchev–Trinajstić information content (AvgIpc) is 3.12. The van der Waals surface area contributed by atoms with Crippen molar-refractivity contribution in [1.82, 2.24) is 0 Å². The molecule has 0 bridgehead atoms. The molecule has 0 aliphatic rings. The van der Waals surface area contributed by atoms with Gasteiger partial charge in [-0.2, -0.15) is 0 Å². The standard InChI is InChI=1S/C54H58/c1-51(2,3)43-21-13-35(14-22-43)47-31-39-29-41-33-49(37-17-25-45(26-18-37)53(7,8)9)50(38-19-27-46(28-20-38)54(10,11)12)34-42(41)30-40(39)32-48(47)36-15-23-44(24-16-36)52(4,5)6/h13-34H,1-12H3. The Balaban J connectivity index is 1.45. The molecule has 0 amide bonds. The van der Waals surface area contributed by atoms with Crippen molar-refractivity contribution >= 4 is 21.5 Å². The largest absolute Gasteiger partial charge is 0.0579 e. The first-order chi connectivity index (χ1) is 25.3. The van der Waals surface area contributed by atoms with Gasteiger partial charge in [0.25, 0.3) is 0 Å². The first kappa shape index (κ1) is 37.4. The highest BCUT2D eigenvalue weighted by Crippen LogP contribution is 2.42. The van der Waals surface area contributed by atoms with E-state index >= 15 is 0 Å². The minimum atomic E-state index is 0.102. The Kier molecular flexibility index (Phi) is 9.29. The smallest absolute Gasteiger partial charge is 0.00990 e. The normalized spacial score (nSPS) is 12.8. The zero-order valence-electron chi connectivity index (χ0n) is 34.7. The second-order valence-electron chi connectivity index (χ2n) is 19.7. The van der Waals surface area contributed by atoms with Crippen LogP contribution in [0, 0.1) is 0 Å². The second-order valence-corrected chi connectivity index (χ2v) is 19.7. The summed E-state index contributed by atoms with van der Waals surface area (Å²) in [6.07, 6.45) is 0. The molecule has 54 heavy (non-hydrogen) atoms. The predicted molar refractivity (Wildman–Crippen MR) is 238 cm³/mol. The van der Waals surface area contributed by atoms with Gasteiger partial charge in [0.05, 0.1) is 0 Å². The fourth-order valence-electron chi connectivity index (χ4n) is 7.66. The van der Waals surface area contributed by atoms with Crippen LogP contribution in [0.3, 0.4) is 0 Å². The van der Waals surface area contributed by atoms with Crippen molar-refractivity contribution in [2.24, 2.45) is 0 Å². The molecule has 0 N–H and O–H groups in total. The van der Waals surface area contributed by atoms with Crippen LogP contribution in [0.25, 0.3) is 66.1 Å². The highest BCUT2D eigenvalue weighted by molar-refractivity contribution is 6.06. The Hall–Kier alpha value is -4.94. The van der Waals surface area contributed by atoms with Crippen LogP contribution in [-0.4, -0.2) is 0 Å². The summed E-state index contributed by atoms with van der Waals surface area (Å²) in [4.78, 5) is 0. The number of fused-ring (bicyclic) bond motifs is 2. The van der Waals surface area contributed by atoms with Crippen molar-refractivity contribution in [2.45, 2.75) is 105 Å². The summed E-state index contributed by atoms with van der Waals surface area (Å²) in [5.41, 5.74) is 15.8. The predicted octanol–water partition coefficient (Wildman–Crippen LogP) is 15.9. The molecular formula is C54H58. The van der Waals surface area contributed by atoms with E-state index in [9.17, 15) is 0 Å². The molecule has 274 valence electrons. The lowest BCUT2D eigenvalue weighted by molar-refractivity contribution is 0.590. The third-order valence-electron chi connectivity index (χ3n) is 11.3. The molecule has 7 aromatic carbocycles. The van der Waals surface area contributed by atoms with Gasteiger partial charge >= 0.3 is 0 Å². The number of rotatable bonds is 4. The van der Waals surface area contributed by atoms with Gasteiger partial charge in [0, 0.05) is 0 Å². The molecule has 0 saturated heterocycles. The van der Waals surface area contributed by atoms with Gasteiger partial charge < -0.3 is 0 Å². The van der Waals surface area contributed by atoms with E-state index in [0.29, 0.717) is 0 Å². The van der Waals surface area contributed by atoms with Gasteiger partial charge in [-0.25, -0.2) is 0 Å². The van der Waals surface area contributed by atoms with Gasteiger partial charge in [-0.15, -0.1) is 0 Å². The Labute approximate surface area is 325 Å². The summed E-state index contributed by atoms with van der Waals surface area (Å²) in [5, 5.41) is 5.01. The van der Waals surface area contributed by atoms with Gasteiger partial charge in [0.1, 0.15) is 0 Å². The maximum absolute atomic E-state index is 2.42. The summed E-state index contributed by atoms with van der Waals surface area (Å²) in [6, 6.07) is 51.4. The van der Waals surface area contributed by atoms with Gasteiger partial charge in [0.2, 0.25) is 0 Å². The molecule has 0 aliphatic carbocycles. The van der Waals surface area contributed by atoms with Crippen LogP contribution in [0.4, 0.5) is 0 Å². The van der Waals surface area contributed by atoms with Crippen molar-refractivity contribution in [2.75, 3.05) is 0 Å². The third kappa shape index (κ3) is 7.54. The molecule has 0 atom stereocenters. The van der Waals surface area contributed by atoms with Crippen LogP contribution in [-0.2, 0) is 21.7 Å². The fourth-order valence-corrected chi connectivity index (χ4v) is 7.66. The summed E-state index contributed by atoms with van der Waals surface area (Å²) in [7, 11) is 0. The summed E-state index contributed by atoms with van der Waals surface area (Å²) >= 11 is 0. The van der Waals surface area contributed by atoms with Gasteiger partial charge in [-0.1, -0.05) is 180 Å². The maximum Gasteiger partial charge on any atom is -0.00990 e. The van der Waals surface area contributed by atoms with Crippen molar-refractivity contribution in [3.63, 3.8) is 0 Å². The fraction of sp³-hybridized carbons (Fsp3) is 0.296. The summed E-state index contributed by atoms with van der Waals surface area (Å²) in [6.45, 7) is 27.4. The molecule has 0 nitrogen and oxygen atoms in total. The minimum Gasteiger partial charge on any atom is -0.0579 e. The van der Waals surface area contributed by atoms with E-state index in [1.165, 1.54) is 88.3 Å². The Morgan fingerprint density at radius 2 is 0.389 bits per heavy atom. The molecule has 7 rings (SSSR count). The molecule has 0 aliphatic heterocycles. The van der Waals surface area contributed by atoms with Crippen molar-refractivity contribution < 1.29 is 0 Å². The first-order valence-corrected chi connectivity index (χ1v) is 19.7. The molecule has 0 fully saturated rings. The SMILES string of the molecule is CC(C)(C)c1ccc(-c2cc3cc4cc(-c5ccc(C(C)(C)C)cc5)c(-c5ccc(C(C)(C)C)cc5)cc4cc3cc2-c2ccc(C(C)(C)C)cc2)cc1. The lowest BCUT2D eigenvalue weighted by atomic mass is 9.83. The van der Waals surface area contributed by atoms with Crippen LogP contribution in [0.1, 0.15) is 105 Å². The lowest BCUT2D eigenvalue weighted by Crippen LogP contribution is -2.10. The zero-order chi connectivity index (χ0) is 38.8. The summed E-state index contributed by atoms with van der Waals surface area (Å²) in [5.74, 6) is 0. The molecule has 0 aromatic heterocycles. The van der Waals surface area contributed by atoms with Crippen LogP contribution < -0.4 is 0 Å². The third-order valence-corrected chi connectivity index (χ3v) is 11.3. The number of hydrogen-bond acceptors (Lipinski definition) is 0. The van der Waals surface area contributed by atoms with Crippen molar-refractivity contribution in [1.29, 1.82) is 0 Å². The van der Waals surface area contributed by atoms with Crippen LogP contribution in [0.5, 0.6) is 0 Å². The topological polar surface area (TPSA) is 0 Å². The molecule has 0 spiro atoms. The van der Waals surface area contributed by atoms with E-state index in [2.05, 4.69) is 217 Å². The molecule has 0 saturated carbocycles. The average molecular weight is 707 g/mol. The van der Waals surface area contributed by atoms with Crippen molar-refractivity contribution in [3.05, 3.63) is 156 Å². The summed E-state index contributed by atoms with van der Waals surface area (Å²) < 4.78 is 0. The number of benzene rings is 7. The molecule has 0 radical (unpaired) electrons. The highest BCUT2D eigenvalue weighted by atomic mass is 14.2. The Morgan fingerprint density at radius 1 is 0.222 bits per heavy atom.